The standard InChI is InChI=1S/C16H27N3S/c1-11(2)9-10-19(12-7-8-12)16-18-15-13(17-3)5-4-6-14(15)20-16/h11-13,17H,4-10H2,1-3H3. The van der Waals surface area contributed by atoms with Crippen LogP contribution in [0.2, 0.25) is 0 Å². The smallest absolute Gasteiger partial charge is 0.186 e. The lowest BCUT2D eigenvalue weighted by Crippen LogP contribution is -2.28. The van der Waals surface area contributed by atoms with Gasteiger partial charge in [-0.25, -0.2) is 4.98 Å². The zero-order valence-corrected chi connectivity index (χ0v) is 13.8. The molecule has 0 radical (unpaired) electrons. The number of thiazole rings is 1. The molecule has 0 amide bonds. The van der Waals surface area contributed by atoms with Crippen LogP contribution in [0.3, 0.4) is 0 Å². The van der Waals surface area contributed by atoms with E-state index >= 15 is 0 Å². The maximum atomic E-state index is 5.02. The molecule has 0 bridgehead atoms. The fraction of sp³-hybridized carbons (Fsp3) is 0.812. The van der Waals surface area contributed by atoms with E-state index in [0.29, 0.717) is 6.04 Å². The van der Waals surface area contributed by atoms with Crippen molar-refractivity contribution in [2.24, 2.45) is 5.92 Å². The van der Waals surface area contributed by atoms with Crippen molar-refractivity contribution in [2.75, 3.05) is 18.5 Å². The van der Waals surface area contributed by atoms with Gasteiger partial charge in [0, 0.05) is 17.5 Å². The van der Waals surface area contributed by atoms with Gasteiger partial charge in [0.2, 0.25) is 0 Å². The second-order valence-corrected chi connectivity index (χ2v) is 7.71. The van der Waals surface area contributed by atoms with Gasteiger partial charge >= 0.3 is 0 Å². The molecule has 0 saturated heterocycles. The lowest BCUT2D eigenvalue weighted by atomic mass is 9.98. The first-order valence-corrected chi connectivity index (χ1v) is 8.94. The van der Waals surface area contributed by atoms with Crippen molar-refractivity contribution in [3.8, 4) is 0 Å². The first-order chi connectivity index (χ1) is 9.69. The maximum absolute atomic E-state index is 5.02. The number of anilines is 1. The van der Waals surface area contributed by atoms with Crippen molar-refractivity contribution in [1.29, 1.82) is 0 Å². The highest BCUT2D eigenvalue weighted by molar-refractivity contribution is 7.15. The van der Waals surface area contributed by atoms with Crippen LogP contribution in [0.25, 0.3) is 0 Å². The minimum atomic E-state index is 0.481. The number of hydrogen-bond acceptors (Lipinski definition) is 4. The summed E-state index contributed by atoms with van der Waals surface area (Å²) in [5.74, 6) is 0.774. The minimum Gasteiger partial charge on any atom is -0.345 e. The summed E-state index contributed by atoms with van der Waals surface area (Å²) in [6.07, 6.45) is 7.76. The zero-order valence-electron chi connectivity index (χ0n) is 13.0. The molecule has 3 nitrogen and oxygen atoms in total. The molecule has 2 aliphatic rings. The van der Waals surface area contributed by atoms with Crippen molar-refractivity contribution < 1.29 is 0 Å². The van der Waals surface area contributed by atoms with E-state index in [0.717, 1.165) is 12.0 Å². The Morgan fingerprint density at radius 2 is 2.15 bits per heavy atom. The highest BCUT2D eigenvalue weighted by atomic mass is 32.1. The summed E-state index contributed by atoms with van der Waals surface area (Å²) in [5.41, 5.74) is 1.34. The number of rotatable bonds is 6. The van der Waals surface area contributed by atoms with Gasteiger partial charge in [0.25, 0.3) is 0 Å². The lowest BCUT2D eigenvalue weighted by molar-refractivity contribution is 0.489. The largest absolute Gasteiger partial charge is 0.345 e. The van der Waals surface area contributed by atoms with Gasteiger partial charge in [-0.1, -0.05) is 13.8 Å². The van der Waals surface area contributed by atoms with Crippen LogP contribution >= 0.6 is 11.3 Å². The van der Waals surface area contributed by atoms with Crippen molar-refractivity contribution in [3.05, 3.63) is 10.6 Å². The third kappa shape index (κ3) is 3.01. The third-order valence-corrected chi connectivity index (χ3v) is 5.64. The van der Waals surface area contributed by atoms with Gasteiger partial charge in [0.1, 0.15) is 0 Å². The molecule has 1 aromatic heterocycles. The summed E-state index contributed by atoms with van der Waals surface area (Å²) in [6, 6.07) is 1.25. The molecule has 3 rings (SSSR count). The predicted molar refractivity (Wildman–Crippen MR) is 86.7 cm³/mol. The molecule has 1 aromatic rings. The Labute approximate surface area is 126 Å². The van der Waals surface area contributed by atoms with Crippen LogP contribution in [0.4, 0.5) is 5.13 Å². The Morgan fingerprint density at radius 3 is 2.80 bits per heavy atom. The van der Waals surface area contributed by atoms with E-state index in [1.807, 2.05) is 11.3 Å². The minimum absolute atomic E-state index is 0.481. The quantitative estimate of drug-likeness (QED) is 0.865. The van der Waals surface area contributed by atoms with Gasteiger partial charge in [0.05, 0.1) is 11.7 Å². The summed E-state index contributed by atoms with van der Waals surface area (Å²) >= 11 is 1.96. The Bertz CT molecular complexity index is 451. The second-order valence-electron chi connectivity index (χ2n) is 6.65. The first kappa shape index (κ1) is 14.3. The van der Waals surface area contributed by atoms with Gasteiger partial charge in [-0.3, -0.25) is 0 Å². The van der Waals surface area contributed by atoms with E-state index in [1.54, 1.807) is 0 Å². The van der Waals surface area contributed by atoms with E-state index in [4.69, 9.17) is 4.98 Å². The van der Waals surface area contributed by atoms with Gasteiger partial charge in [0.15, 0.2) is 5.13 Å². The molecule has 4 heteroatoms. The highest BCUT2D eigenvalue weighted by Gasteiger charge is 2.33. The molecule has 1 fully saturated rings. The molecule has 0 spiro atoms. The van der Waals surface area contributed by atoms with E-state index < -0.39 is 0 Å². The number of nitrogens with one attached hydrogen (secondary N) is 1. The first-order valence-electron chi connectivity index (χ1n) is 8.12. The van der Waals surface area contributed by atoms with Crippen LogP contribution < -0.4 is 10.2 Å². The predicted octanol–water partition coefficient (Wildman–Crippen LogP) is 3.75. The van der Waals surface area contributed by atoms with Crippen LogP contribution in [0, 0.1) is 5.92 Å². The molecule has 2 aliphatic carbocycles. The van der Waals surface area contributed by atoms with Gasteiger partial charge in [-0.15, -0.1) is 11.3 Å². The average Bonchev–Trinajstić information content (AvgIpc) is 3.16. The Kier molecular flexibility index (Phi) is 4.32. The fourth-order valence-corrected chi connectivity index (χ4v) is 4.29. The molecule has 0 aromatic carbocycles. The third-order valence-electron chi connectivity index (χ3n) is 4.47. The van der Waals surface area contributed by atoms with Gasteiger partial charge in [-0.05, 0) is 51.5 Å². The molecule has 0 aliphatic heterocycles. The molecule has 1 heterocycles. The zero-order chi connectivity index (χ0) is 14.1. The van der Waals surface area contributed by atoms with Crippen LogP contribution in [-0.4, -0.2) is 24.6 Å². The lowest BCUT2D eigenvalue weighted by Gasteiger charge is -2.22. The van der Waals surface area contributed by atoms with E-state index in [1.165, 1.54) is 60.8 Å². The van der Waals surface area contributed by atoms with Crippen LogP contribution in [0.15, 0.2) is 0 Å². The van der Waals surface area contributed by atoms with Crippen LogP contribution in [0.5, 0.6) is 0 Å². The van der Waals surface area contributed by atoms with Gasteiger partial charge < -0.3 is 10.2 Å². The van der Waals surface area contributed by atoms with Crippen molar-refractivity contribution in [2.45, 2.75) is 64.5 Å². The normalized spacial score (nSPS) is 22.1. The molecule has 1 atom stereocenters. The van der Waals surface area contributed by atoms with E-state index in [9.17, 15) is 0 Å². The summed E-state index contributed by atoms with van der Waals surface area (Å²) in [7, 11) is 2.07. The number of fused-ring (bicyclic) bond motifs is 1. The average molecular weight is 293 g/mol. The van der Waals surface area contributed by atoms with E-state index in [2.05, 4.69) is 31.1 Å². The van der Waals surface area contributed by atoms with Crippen LogP contribution in [0.1, 0.15) is 62.6 Å². The van der Waals surface area contributed by atoms with Crippen LogP contribution in [-0.2, 0) is 6.42 Å². The number of nitrogens with zero attached hydrogens (tertiary/aromatic N) is 2. The molecular weight excluding hydrogens is 266 g/mol. The summed E-state index contributed by atoms with van der Waals surface area (Å²) in [6.45, 7) is 5.81. The molecule has 1 saturated carbocycles. The number of aryl methyl sites for hydroxylation is 1. The summed E-state index contributed by atoms with van der Waals surface area (Å²) in [5, 5.41) is 4.73. The Balaban J connectivity index is 1.79. The molecule has 1 N–H and O–H groups in total. The van der Waals surface area contributed by atoms with Gasteiger partial charge in [-0.2, -0.15) is 0 Å². The van der Waals surface area contributed by atoms with Crippen molar-refractivity contribution >= 4 is 16.5 Å². The Morgan fingerprint density at radius 1 is 1.35 bits per heavy atom. The topological polar surface area (TPSA) is 28.2 Å². The highest BCUT2D eigenvalue weighted by Crippen LogP contribution is 2.40. The summed E-state index contributed by atoms with van der Waals surface area (Å²) < 4.78 is 0. The van der Waals surface area contributed by atoms with Crippen molar-refractivity contribution in [3.63, 3.8) is 0 Å². The number of hydrogen-bond donors (Lipinski definition) is 1. The monoisotopic (exact) mass is 293 g/mol. The number of aromatic nitrogens is 1. The second kappa shape index (κ2) is 6.02. The molecule has 20 heavy (non-hydrogen) atoms. The Hall–Kier alpha value is -0.610. The summed E-state index contributed by atoms with van der Waals surface area (Å²) in [4.78, 5) is 9.15. The van der Waals surface area contributed by atoms with E-state index in [-0.39, 0.29) is 0 Å². The molecule has 1 unspecified atom stereocenters. The van der Waals surface area contributed by atoms with Crippen molar-refractivity contribution in [1.82, 2.24) is 10.3 Å². The SMILES string of the molecule is CNC1CCCc2sc(N(CCC(C)C)C3CC3)nc21. The maximum Gasteiger partial charge on any atom is 0.186 e. The fourth-order valence-electron chi connectivity index (χ4n) is 3.03. The molecular formula is C16H27N3S. The molecule has 112 valence electrons.